The van der Waals surface area contributed by atoms with E-state index in [-0.39, 0.29) is 24.8 Å². The molecule has 4 rings (SSSR count). The molecule has 7 heteroatoms. The van der Waals surface area contributed by atoms with Crippen molar-refractivity contribution < 1.29 is 9.59 Å². The number of para-hydroxylation sites is 2. The molecule has 0 saturated carbocycles. The number of nitrogens with one attached hydrogen (secondary N) is 1. The van der Waals surface area contributed by atoms with Crippen LogP contribution in [-0.4, -0.2) is 24.1 Å². The minimum absolute atomic E-state index is 0.0922. The fraction of sp³-hybridized carbons (Fsp3) is 0.0870. The average Bonchev–Trinajstić information content (AvgIpc) is 2.85. The monoisotopic (exact) mass is 437 g/mol. The lowest BCUT2D eigenvalue weighted by Gasteiger charge is -2.22. The summed E-state index contributed by atoms with van der Waals surface area (Å²) in [5, 5.41) is 3.57. The highest BCUT2D eigenvalue weighted by atomic mass is 35.5. The van der Waals surface area contributed by atoms with Crippen LogP contribution in [0, 0.1) is 0 Å². The third-order valence-corrected chi connectivity index (χ3v) is 5.04. The Balaban J connectivity index is 1.60. The second-order valence-corrected chi connectivity index (χ2v) is 7.65. The number of hydrogen-bond donors (Lipinski definition) is 1. The Morgan fingerprint density at radius 2 is 1.63 bits per heavy atom. The first kappa shape index (κ1) is 20.1. The van der Waals surface area contributed by atoms with Gasteiger partial charge in [-0.15, -0.1) is 0 Å². The molecule has 1 N–H and O–H groups in total. The summed E-state index contributed by atoms with van der Waals surface area (Å²) in [6, 6.07) is 21.6. The largest absolute Gasteiger partial charge is 0.324 e. The molecule has 0 spiro atoms. The minimum Gasteiger partial charge on any atom is -0.324 e. The summed E-state index contributed by atoms with van der Waals surface area (Å²) in [5.74, 6) is -0.568. The van der Waals surface area contributed by atoms with Crippen LogP contribution in [-0.2, 0) is 9.59 Å². The van der Waals surface area contributed by atoms with E-state index < -0.39 is 0 Å². The molecule has 2 amide bonds. The molecule has 3 aromatic rings. The van der Waals surface area contributed by atoms with Crippen LogP contribution < -0.4 is 10.2 Å². The van der Waals surface area contributed by atoms with E-state index >= 15 is 0 Å². The van der Waals surface area contributed by atoms with E-state index in [2.05, 4.69) is 5.32 Å². The number of fused-ring (bicyclic) bond motifs is 1. The summed E-state index contributed by atoms with van der Waals surface area (Å²) in [6.45, 7) is -0.155. The van der Waals surface area contributed by atoms with Crippen LogP contribution in [0.4, 0.5) is 17.1 Å². The van der Waals surface area contributed by atoms with Gasteiger partial charge in [0, 0.05) is 15.7 Å². The molecular formula is C23H17Cl2N3O2. The molecule has 1 aliphatic heterocycles. The minimum atomic E-state index is -0.361. The Morgan fingerprint density at radius 3 is 2.37 bits per heavy atom. The second kappa shape index (κ2) is 8.69. The van der Waals surface area contributed by atoms with Gasteiger partial charge >= 0.3 is 0 Å². The van der Waals surface area contributed by atoms with Crippen molar-refractivity contribution in [3.63, 3.8) is 0 Å². The van der Waals surface area contributed by atoms with E-state index in [1.54, 1.807) is 24.3 Å². The Labute approximate surface area is 183 Å². The second-order valence-electron chi connectivity index (χ2n) is 6.78. The highest BCUT2D eigenvalue weighted by Gasteiger charge is 2.26. The van der Waals surface area contributed by atoms with Crippen molar-refractivity contribution in [1.29, 1.82) is 0 Å². The number of carbonyl (C=O) groups excluding carboxylic acids is 2. The molecule has 30 heavy (non-hydrogen) atoms. The Hall–Kier alpha value is -3.15. The smallest absolute Gasteiger partial charge is 0.244 e. The topological polar surface area (TPSA) is 61.8 Å². The summed E-state index contributed by atoms with van der Waals surface area (Å²) < 4.78 is 0. The van der Waals surface area contributed by atoms with Crippen LogP contribution >= 0.6 is 23.2 Å². The highest BCUT2D eigenvalue weighted by molar-refractivity contribution is 6.35. The molecule has 0 atom stereocenters. The molecule has 1 aliphatic rings. The Morgan fingerprint density at radius 1 is 0.967 bits per heavy atom. The summed E-state index contributed by atoms with van der Waals surface area (Å²) >= 11 is 12.0. The summed E-state index contributed by atoms with van der Waals surface area (Å²) in [6.07, 6.45) is 0.0922. The maximum atomic E-state index is 13.1. The summed E-state index contributed by atoms with van der Waals surface area (Å²) in [4.78, 5) is 31.9. The molecule has 0 radical (unpaired) electrons. The predicted molar refractivity (Wildman–Crippen MR) is 121 cm³/mol. The van der Waals surface area contributed by atoms with Gasteiger partial charge in [0.2, 0.25) is 11.8 Å². The number of halogens is 2. The first-order chi connectivity index (χ1) is 14.5. The standard InChI is InChI=1S/C23H17Cl2N3O2/c24-16-10-17(25)12-18(11-16)26-22(29)14-28-21-9-5-4-8-19(21)27-20(13-23(28)30)15-6-2-1-3-7-15/h1-12H,13-14H2,(H,26,29). The van der Waals surface area contributed by atoms with Gasteiger partial charge in [0.25, 0.3) is 0 Å². The number of aliphatic imine (C=N–C) groups is 1. The zero-order valence-corrected chi connectivity index (χ0v) is 17.3. The lowest BCUT2D eigenvalue weighted by molar-refractivity contribution is -0.120. The lowest BCUT2D eigenvalue weighted by atomic mass is 10.1. The first-order valence-electron chi connectivity index (χ1n) is 9.28. The lowest BCUT2D eigenvalue weighted by Crippen LogP contribution is -2.38. The predicted octanol–water partition coefficient (Wildman–Crippen LogP) is 5.49. The zero-order valence-electron chi connectivity index (χ0n) is 15.8. The van der Waals surface area contributed by atoms with Gasteiger partial charge in [-0.3, -0.25) is 14.6 Å². The van der Waals surface area contributed by atoms with Gasteiger partial charge in [-0.05, 0) is 35.9 Å². The highest BCUT2D eigenvalue weighted by Crippen LogP contribution is 2.33. The molecule has 0 bridgehead atoms. The van der Waals surface area contributed by atoms with Crippen LogP contribution in [0.25, 0.3) is 0 Å². The summed E-state index contributed by atoms with van der Waals surface area (Å²) in [5.41, 5.74) is 3.24. The van der Waals surface area contributed by atoms with Crippen LogP contribution in [0.2, 0.25) is 10.0 Å². The molecule has 0 aromatic heterocycles. The van der Waals surface area contributed by atoms with E-state index in [1.165, 1.54) is 4.90 Å². The van der Waals surface area contributed by atoms with Gasteiger partial charge in [0.1, 0.15) is 6.54 Å². The van der Waals surface area contributed by atoms with E-state index in [9.17, 15) is 9.59 Å². The molecule has 0 fully saturated rings. The summed E-state index contributed by atoms with van der Waals surface area (Å²) in [7, 11) is 0. The third-order valence-electron chi connectivity index (χ3n) is 4.60. The average molecular weight is 438 g/mol. The van der Waals surface area contributed by atoms with Crippen molar-refractivity contribution in [2.75, 3.05) is 16.8 Å². The van der Waals surface area contributed by atoms with Gasteiger partial charge in [-0.25, -0.2) is 0 Å². The molecule has 5 nitrogen and oxygen atoms in total. The molecule has 0 unspecified atom stereocenters. The van der Waals surface area contributed by atoms with Gasteiger partial charge in [0.05, 0.1) is 23.5 Å². The number of anilines is 2. The fourth-order valence-electron chi connectivity index (χ4n) is 3.29. The van der Waals surface area contributed by atoms with E-state index in [1.807, 2.05) is 48.5 Å². The molecule has 0 aliphatic carbocycles. The quantitative estimate of drug-likeness (QED) is 0.586. The molecular weight excluding hydrogens is 421 g/mol. The molecule has 1 heterocycles. The maximum Gasteiger partial charge on any atom is 0.244 e. The maximum absolute atomic E-state index is 13.1. The van der Waals surface area contributed by atoms with Crippen molar-refractivity contribution in [3.8, 4) is 0 Å². The van der Waals surface area contributed by atoms with E-state index in [0.29, 0.717) is 32.8 Å². The van der Waals surface area contributed by atoms with Crippen LogP contribution in [0.5, 0.6) is 0 Å². The van der Waals surface area contributed by atoms with Crippen LogP contribution in [0.3, 0.4) is 0 Å². The van der Waals surface area contributed by atoms with Crippen molar-refractivity contribution in [2.45, 2.75) is 6.42 Å². The van der Waals surface area contributed by atoms with Gasteiger partial charge in [0.15, 0.2) is 0 Å². The van der Waals surface area contributed by atoms with Crippen molar-refractivity contribution >= 4 is 57.8 Å². The molecule has 3 aromatic carbocycles. The zero-order chi connectivity index (χ0) is 21.1. The van der Waals surface area contributed by atoms with E-state index in [4.69, 9.17) is 28.2 Å². The number of carbonyl (C=O) groups is 2. The van der Waals surface area contributed by atoms with Crippen LogP contribution in [0.15, 0.2) is 77.8 Å². The number of rotatable bonds is 4. The SMILES string of the molecule is O=C(CN1C(=O)CC(c2ccccc2)=Nc2ccccc21)Nc1cc(Cl)cc(Cl)c1. The first-order valence-corrected chi connectivity index (χ1v) is 10.0. The normalized spacial score (nSPS) is 13.3. The third kappa shape index (κ3) is 4.53. The van der Waals surface area contributed by atoms with E-state index in [0.717, 1.165) is 5.56 Å². The Kier molecular flexibility index (Phi) is 5.84. The number of nitrogens with zero attached hydrogens (tertiary/aromatic N) is 2. The van der Waals surface area contributed by atoms with Gasteiger partial charge in [-0.1, -0.05) is 65.7 Å². The number of benzene rings is 3. The van der Waals surface area contributed by atoms with Gasteiger partial charge in [-0.2, -0.15) is 0 Å². The number of amides is 2. The van der Waals surface area contributed by atoms with Crippen molar-refractivity contribution in [2.24, 2.45) is 4.99 Å². The fourth-order valence-corrected chi connectivity index (χ4v) is 3.81. The molecule has 0 saturated heterocycles. The molecule has 150 valence electrons. The van der Waals surface area contributed by atoms with Crippen molar-refractivity contribution in [1.82, 2.24) is 0 Å². The Bertz CT molecular complexity index is 1130. The van der Waals surface area contributed by atoms with Crippen molar-refractivity contribution in [3.05, 3.63) is 88.4 Å². The van der Waals surface area contributed by atoms with Crippen LogP contribution in [0.1, 0.15) is 12.0 Å². The van der Waals surface area contributed by atoms with Gasteiger partial charge < -0.3 is 10.2 Å². The number of hydrogen-bond acceptors (Lipinski definition) is 3.